The number of carboxylic acids is 1. The second-order valence-electron chi connectivity index (χ2n) is 5.73. The van der Waals surface area contributed by atoms with Gasteiger partial charge in [-0.05, 0) is 36.4 Å². The van der Waals surface area contributed by atoms with Gasteiger partial charge in [-0.15, -0.1) is 11.3 Å². The number of carbonyl (C=O) groups is 1. The molecule has 1 N–H and O–H groups in total. The van der Waals surface area contributed by atoms with Crippen LogP contribution in [0.2, 0.25) is 0 Å². The summed E-state index contributed by atoms with van der Waals surface area (Å²) >= 11 is 3.42. The first-order valence-electron chi connectivity index (χ1n) is 7.70. The molecular formula is C18H15NO3S2. The fourth-order valence-corrected chi connectivity index (χ4v) is 4.99. The number of hydrogen-bond acceptors (Lipinski definition) is 5. The van der Waals surface area contributed by atoms with E-state index in [9.17, 15) is 9.59 Å². The highest BCUT2D eigenvalue weighted by atomic mass is 32.2. The largest absolute Gasteiger partial charge is 0.478 e. The zero-order chi connectivity index (χ0) is 16.7. The molecule has 0 radical (unpaired) electrons. The predicted octanol–water partition coefficient (Wildman–Crippen LogP) is 3.67. The number of anilines is 1. The van der Waals surface area contributed by atoms with Crippen molar-refractivity contribution in [3.63, 3.8) is 0 Å². The number of thioether (sulfide) groups is 1. The molecule has 0 atom stereocenters. The van der Waals surface area contributed by atoms with Crippen LogP contribution in [0.5, 0.6) is 0 Å². The van der Waals surface area contributed by atoms with Crippen LogP contribution < -0.4 is 10.3 Å². The number of benzene rings is 2. The van der Waals surface area contributed by atoms with Crippen LogP contribution in [-0.2, 0) is 0 Å². The summed E-state index contributed by atoms with van der Waals surface area (Å²) in [6, 6.07) is 10.7. The molecule has 0 spiro atoms. The Labute approximate surface area is 146 Å². The van der Waals surface area contributed by atoms with Gasteiger partial charge in [0.2, 0.25) is 0 Å². The first-order valence-corrected chi connectivity index (χ1v) is 9.67. The average Bonchev–Trinajstić information content (AvgIpc) is 2.62. The quantitative estimate of drug-likeness (QED) is 0.709. The highest BCUT2D eigenvalue weighted by molar-refractivity contribution is 7.99. The Bertz CT molecular complexity index is 1010. The van der Waals surface area contributed by atoms with Crippen LogP contribution in [0.25, 0.3) is 20.2 Å². The third-order valence-corrected chi connectivity index (χ3v) is 6.35. The van der Waals surface area contributed by atoms with Gasteiger partial charge in [0.15, 0.2) is 5.43 Å². The van der Waals surface area contributed by atoms with Crippen molar-refractivity contribution >= 4 is 54.9 Å². The van der Waals surface area contributed by atoms with E-state index in [1.165, 1.54) is 17.4 Å². The highest BCUT2D eigenvalue weighted by Gasteiger charge is 2.14. The molecule has 4 nitrogen and oxygen atoms in total. The van der Waals surface area contributed by atoms with E-state index in [2.05, 4.69) is 11.0 Å². The normalized spacial score (nSPS) is 15.1. The number of aromatic carboxylic acids is 1. The van der Waals surface area contributed by atoms with E-state index < -0.39 is 5.97 Å². The van der Waals surface area contributed by atoms with Gasteiger partial charge in [0.05, 0.1) is 5.56 Å². The molecule has 0 aliphatic carbocycles. The number of fused-ring (bicyclic) bond motifs is 2. The van der Waals surface area contributed by atoms with Crippen molar-refractivity contribution in [3.8, 4) is 0 Å². The summed E-state index contributed by atoms with van der Waals surface area (Å²) in [5, 5.41) is 10.4. The summed E-state index contributed by atoms with van der Waals surface area (Å²) < 4.78 is 1.61. The van der Waals surface area contributed by atoms with Crippen LogP contribution in [0.1, 0.15) is 10.4 Å². The molecule has 24 heavy (non-hydrogen) atoms. The molecule has 6 heteroatoms. The van der Waals surface area contributed by atoms with E-state index in [1.807, 2.05) is 23.9 Å². The Morgan fingerprint density at radius 3 is 2.54 bits per heavy atom. The van der Waals surface area contributed by atoms with E-state index in [0.29, 0.717) is 10.8 Å². The lowest BCUT2D eigenvalue weighted by molar-refractivity contribution is 0.0697. The van der Waals surface area contributed by atoms with E-state index in [0.717, 1.165) is 39.7 Å². The predicted molar refractivity (Wildman–Crippen MR) is 102 cm³/mol. The highest BCUT2D eigenvalue weighted by Crippen LogP contribution is 2.29. The van der Waals surface area contributed by atoms with Gasteiger partial charge in [0.1, 0.15) is 0 Å². The molecular weight excluding hydrogens is 342 g/mol. The Morgan fingerprint density at radius 2 is 1.79 bits per heavy atom. The second kappa shape index (κ2) is 6.11. The zero-order valence-corrected chi connectivity index (χ0v) is 14.5. The van der Waals surface area contributed by atoms with Gasteiger partial charge in [-0.25, -0.2) is 4.79 Å². The SMILES string of the molecule is O=C(O)c1ccc2c(=O)c3cc(N4CCSCC4)ccc3sc2c1. The monoisotopic (exact) mass is 357 g/mol. The molecule has 1 saturated heterocycles. The maximum Gasteiger partial charge on any atom is 0.335 e. The summed E-state index contributed by atoms with van der Waals surface area (Å²) in [6.45, 7) is 2.01. The lowest BCUT2D eigenvalue weighted by Gasteiger charge is -2.28. The molecule has 1 aromatic heterocycles. The topological polar surface area (TPSA) is 57.6 Å². The van der Waals surface area contributed by atoms with E-state index in [4.69, 9.17) is 5.11 Å². The molecule has 0 unspecified atom stereocenters. The smallest absolute Gasteiger partial charge is 0.335 e. The standard InChI is InChI=1S/C18H15NO3S2/c20-17-13-3-1-11(18(21)22)9-16(13)24-15-4-2-12(10-14(15)17)19-5-7-23-8-6-19/h1-4,9-10H,5-8H2,(H,21,22). The van der Waals surface area contributed by atoms with E-state index in [-0.39, 0.29) is 11.0 Å². The zero-order valence-electron chi connectivity index (χ0n) is 12.8. The summed E-state index contributed by atoms with van der Waals surface area (Å²) in [4.78, 5) is 26.3. The molecule has 1 fully saturated rings. The summed E-state index contributed by atoms with van der Waals surface area (Å²) in [5.74, 6) is 1.25. The van der Waals surface area contributed by atoms with Gasteiger partial charge in [0, 0.05) is 50.5 Å². The van der Waals surface area contributed by atoms with Gasteiger partial charge in [-0.3, -0.25) is 4.79 Å². The number of rotatable bonds is 2. The first kappa shape index (κ1) is 15.5. The molecule has 1 aliphatic rings. The minimum atomic E-state index is -0.977. The van der Waals surface area contributed by atoms with E-state index >= 15 is 0 Å². The molecule has 2 aromatic carbocycles. The second-order valence-corrected chi connectivity index (χ2v) is 8.04. The Kier molecular flexibility index (Phi) is 3.94. The van der Waals surface area contributed by atoms with Gasteiger partial charge in [-0.2, -0.15) is 11.8 Å². The molecule has 1 aliphatic heterocycles. The van der Waals surface area contributed by atoms with E-state index in [1.54, 1.807) is 12.1 Å². The van der Waals surface area contributed by atoms with Crippen molar-refractivity contribution in [3.05, 3.63) is 52.2 Å². The molecule has 0 saturated carbocycles. The Hall–Kier alpha value is -2.05. The lowest BCUT2D eigenvalue weighted by Crippen LogP contribution is -2.32. The third kappa shape index (κ3) is 2.65. The lowest BCUT2D eigenvalue weighted by atomic mass is 10.1. The average molecular weight is 357 g/mol. The van der Waals surface area contributed by atoms with Crippen molar-refractivity contribution in [2.24, 2.45) is 0 Å². The van der Waals surface area contributed by atoms with Crippen molar-refractivity contribution in [1.82, 2.24) is 0 Å². The van der Waals surface area contributed by atoms with Crippen LogP contribution in [0.15, 0.2) is 41.2 Å². The fourth-order valence-electron chi connectivity index (χ4n) is 2.99. The van der Waals surface area contributed by atoms with Gasteiger partial charge in [-0.1, -0.05) is 0 Å². The van der Waals surface area contributed by atoms with Crippen LogP contribution in [0, 0.1) is 0 Å². The molecule has 3 aromatic rings. The van der Waals surface area contributed by atoms with Crippen LogP contribution in [-0.4, -0.2) is 35.7 Å². The van der Waals surface area contributed by atoms with Crippen molar-refractivity contribution in [1.29, 1.82) is 0 Å². The minimum Gasteiger partial charge on any atom is -0.478 e. The summed E-state index contributed by atoms with van der Waals surface area (Å²) in [7, 11) is 0. The van der Waals surface area contributed by atoms with Crippen molar-refractivity contribution < 1.29 is 9.90 Å². The van der Waals surface area contributed by atoms with Crippen molar-refractivity contribution in [2.45, 2.75) is 0 Å². The number of hydrogen-bond donors (Lipinski definition) is 1. The van der Waals surface area contributed by atoms with Crippen molar-refractivity contribution in [2.75, 3.05) is 29.5 Å². The van der Waals surface area contributed by atoms with Gasteiger partial charge in [0.25, 0.3) is 0 Å². The maximum atomic E-state index is 12.8. The first-order chi connectivity index (χ1) is 11.6. The van der Waals surface area contributed by atoms with Gasteiger partial charge >= 0.3 is 5.97 Å². The summed E-state index contributed by atoms with van der Waals surface area (Å²) in [5.41, 5.74) is 1.28. The third-order valence-electron chi connectivity index (χ3n) is 4.28. The summed E-state index contributed by atoms with van der Waals surface area (Å²) in [6.07, 6.45) is 0. The van der Waals surface area contributed by atoms with Gasteiger partial charge < -0.3 is 10.0 Å². The maximum absolute atomic E-state index is 12.8. The molecule has 0 amide bonds. The van der Waals surface area contributed by atoms with Crippen LogP contribution >= 0.6 is 23.1 Å². The molecule has 0 bridgehead atoms. The minimum absolute atomic E-state index is 0.0241. The Balaban J connectivity index is 1.89. The van der Waals surface area contributed by atoms with Crippen LogP contribution in [0.3, 0.4) is 0 Å². The fraction of sp³-hybridized carbons (Fsp3) is 0.222. The molecule has 122 valence electrons. The Morgan fingerprint density at radius 1 is 1.00 bits per heavy atom. The number of nitrogens with zero attached hydrogens (tertiary/aromatic N) is 1. The number of carboxylic acid groups (broad SMARTS) is 1. The van der Waals surface area contributed by atoms with Crippen LogP contribution in [0.4, 0.5) is 5.69 Å². The molecule has 2 heterocycles. The molecule has 4 rings (SSSR count).